The van der Waals surface area contributed by atoms with Gasteiger partial charge in [-0.05, 0) is 45.1 Å². The minimum atomic E-state index is -0.212. The fraction of sp³-hybridized carbons (Fsp3) is 0.682. The van der Waals surface area contributed by atoms with Crippen molar-refractivity contribution in [3.63, 3.8) is 0 Å². The average molecular weight is 402 g/mol. The van der Waals surface area contributed by atoms with Crippen LogP contribution in [0, 0.1) is 5.92 Å². The van der Waals surface area contributed by atoms with Gasteiger partial charge in [0.15, 0.2) is 0 Å². The molecule has 2 bridgehead atoms. The van der Waals surface area contributed by atoms with Gasteiger partial charge in [0.2, 0.25) is 11.8 Å². The van der Waals surface area contributed by atoms with Crippen LogP contribution in [-0.2, 0) is 20.9 Å². The van der Waals surface area contributed by atoms with Crippen LogP contribution < -0.4 is 10.9 Å². The van der Waals surface area contributed by atoms with Crippen molar-refractivity contribution in [1.29, 1.82) is 0 Å². The largest absolute Gasteiger partial charge is 0.375 e. The Morgan fingerprint density at radius 3 is 2.83 bits per heavy atom. The Bertz CT molecular complexity index is 847. The van der Waals surface area contributed by atoms with Crippen LogP contribution in [0.1, 0.15) is 57.6 Å². The number of hydrogen-bond acceptors (Lipinski definition) is 4. The van der Waals surface area contributed by atoms with E-state index >= 15 is 0 Å². The molecule has 1 aromatic rings. The van der Waals surface area contributed by atoms with Crippen molar-refractivity contribution in [1.82, 2.24) is 14.8 Å². The number of fused-ring (bicyclic) bond motifs is 4. The molecular weight excluding hydrogens is 370 g/mol. The molecule has 0 radical (unpaired) electrons. The molecule has 1 N–H and O–H groups in total. The molecule has 2 fully saturated rings. The number of nitrogens with one attached hydrogen (secondary N) is 1. The summed E-state index contributed by atoms with van der Waals surface area (Å²) in [4.78, 5) is 39.1. The van der Waals surface area contributed by atoms with Crippen molar-refractivity contribution in [3.8, 4) is 0 Å². The average Bonchev–Trinajstić information content (AvgIpc) is 2.66. The van der Waals surface area contributed by atoms with Gasteiger partial charge in [-0.1, -0.05) is 6.07 Å². The Labute approximate surface area is 171 Å². The molecule has 7 nitrogen and oxygen atoms in total. The molecule has 29 heavy (non-hydrogen) atoms. The van der Waals surface area contributed by atoms with Crippen LogP contribution in [0.4, 0.5) is 0 Å². The Kier molecular flexibility index (Phi) is 5.51. The lowest BCUT2D eigenvalue weighted by molar-refractivity contribution is -0.136. The van der Waals surface area contributed by atoms with Crippen molar-refractivity contribution in [2.45, 2.75) is 70.1 Å². The van der Waals surface area contributed by atoms with Gasteiger partial charge in [0, 0.05) is 62.8 Å². The Hall–Kier alpha value is -2.15. The number of amides is 2. The molecule has 4 rings (SSSR count). The van der Waals surface area contributed by atoms with Gasteiger partial charge in [0.05, 0.1) is 5.60 Å². The number of ether oxygens (including phenoxy) is 1. The first-order valence-corrected chi connectivity index (χ1v) is 10.7. The quantitative estimate of drug-likeness (QED) is 0.832. The van der Waals surface area contributed by atoms with Crippen LogP contribution in [0.2, 0.25) is 0 Å². The lowest BCUT2D eigenvalue weighted by Gasteiger charge is -2.42. The topological polar surface area (TPSA) is 80.6 Å². The molecule has 3 aliphatic rings. The van der Waals surface area contributed by atoms with E-state index in [-0.39, 0.29) is 47.8 Å². The van der Waals surface area contributed by atoms with Crippen molar-refractivity contribution in [2.24, 2.45) is 5.92 Å². The number of carbonyl (C=O) groups is 2. The lowest BCUT2D eigenvalue weighted by atomic mass is 9.83. The number of likely N-dealkylation sites (tertiary alicyclic amines) is 1. The number of carbonyl (C=O) groups excluding carboxylic acids is 2. The maximum absolute atomic E-state index is 12.8. The highest BCUT2D eigenvalue weighted by molar-refractivity contribution is 5.84. The summed E-state index contributed by atoms with van der Waals surface area (Å²) in [6.45, 7) is 6.70. The third kappa shape index (κ3) is 4.55. The fourth-order valence-corrected chi connectivity index (χ4v) is 5.13. The molecule has 0 saturated carbocycles. The predicted octanol–water partition coefficient (Wildman–Crippen LogP) is 1.65. The van der Waals surface area contributed by atoms with E-state index in [0.717, 1.165) is 25.0 Å². The maximum Gasteiger partial charge on any atom is 0.250 e. The van der Waals surface area contributed by atoms with E-state index in [1.165, 1.54) is 0 Å². The highest BCUT2D eigenvalue weighted by Gasteiger charge is 2.36. The van der Waals surface area contributed by atoms with E-state index in [0.29, 0.717) is 32.2 Å². The molecule has 3 atom stereocenters. The minimum Gasteiger partial charge on any atom is -0.375 e. The molecule has 2 amide bonds. The van der Waals surface area contributed by atoms with E-state index in [2.05, 4.69) is 5.32 Å². The second-order valence-electron chi connectivity index (χ2n) is 9.36. The van der Waals surface area contributed by atoms with Crippen molar-refractivity contribution in [2.75, 3.05) is 19.7 Å². The van der Waals surface area contributed by atoms with Crippen LogP contribution in [0.25, 0.3) is 0 Å². The third-order valence-corrected chi connectivity index (χ3v) is 6.46. The summed E-state index contributed by atoms with van der Waals surface area (Å²) in [6.07, 6.45) is 3.09. The van der Waals surface area contributed by atoms with Crippen LogP contribution >= 0.6 is 0 Å². The number of pyridine rings is 1. The number of piperidine rings is 1. The zero-order valence-corrected chi connectivity index (χ0v) is 17.4. The number of rotatable bonds is 4. The molecule has 0 aliphatic carbocycles. The zero-order valence-electron chi connectivity index (χ0n) is 17.4. The van der Waals surface area contributed by atoms with Gasteiger partial charge in [-0.2, -0.15) is 0 Å². The maximum atomic E-state index is 12.8. The molecule has 7 heteroatoms. The van der Waals surface area contributed by atoms with Crippen LogP contribution in [0.15, 0.2) is 23.0 Å². The van der Waals surface area contributed by atoms with Gasteiger partial charge in [-0.15, -0.1) is 0 Å². The Balaban J connectivity index is 1.30. The van der Waals surface area contributed by atoms with Crippen molar-refractivity contribution < 1.29 is 14.3 Å². The van der Waals surface area contributed by atoms with Gasteiger partial charge in [0.25, 0.3) is 5.56 Å². The van der Waals surface area contributed by atoms with Crippen LogP contribution in [0.5, 0.6) is 0 Å². The van der Waals surface area contributed by atoms with Gasteiger partial charge in [-0.25, -0.2) is 0 Å². The van der Waals surface area contributed by atoms with Gasteiger partial charge in [-0.3, -0.25) is 14.4 Å². The molecule has 158 valence electrons. The lowest BCUT2D eigenvalue weighted by Crippen LogP contribution is -2.49. The molecule has 4 heterocycles. The molecule has 1 aromatic heterocycles. The van der Waals surface area contributed by atoms with Crippen LogP contribution in [0.3, 0.4) is 0 Å². The first-order chi connectivity index (χ1) is 13.8. The molecule has 3 aliphatic heterocycles. The van der Waals surface area contributed by atoms with Crippen molar-refractivity contribution in [3.05, 3.63) is 34.2 Å². The molecular formula is C22H31N3O4. The van der Waals surface area contributed by atoms with E-state index < -0.39 is 0 Å². The standard InChI is InChI=1S/C22H31N3O4/c1-22(2)11-17(8-9-29-22)23-19(26)6-7-20(27)24-12-15-10-16(14-24)18-4-3-5-21(28)25(18)13-15/h3-5,15-17H,6-14H2,1-2H3,(H,23,26)/t15-,16+,17+/m1/s1. The SMILES string of the molecule is CC1(C)C[C@@H](NC(=O)CCC(=O)N2C[C@H]3C[C@@H](C2)c2cccc(=O)n2C3)CCO1. The van der Waals surface area contributed by atoms with E-state index in [9.17, 15) is 14.4 Å². The first-order valence-electron chi connectivity index (χ1n) is 10.7. The smallest absolute Gasteiger partial charge is 0.250 e. The van der Waals surface area contributed by atoms with Crippen LogP contribution in [-0.4, -0.2) is 52.6 Å². The highest BCUT2D eigenvalue weighted by atomic mass is 16.5. The second-order valence-corrected chi connectivity index (χ2v) is 9.36. The molecule has 2 saturated heterocycles. The Morgan fingerprint density at radius 1 is 1.21 bits per heavy atom. The normalized spacial score (nSPS) is 27.8. The summed E-state index contributed by atoms with van der Waals surface area (Å²) in [7, 11) is 0. The fourth-order valence-electron chi connectivity index (χ4n) is 5.13. The van der Waals surface area contributed by atoms with Gasteiger partial charge < -0.3 is 19.5 Å². The van der Waals surface area contributed by atoms with Gasteiger partial charge in [0.1, 0.15) is 0 Å². The number of aromatic nitrogens is 1. The summed E-state index contributed by atoms with van der Waals surface area (Å²) in [5.74, 6) is 0.492. The second kappa shape index (κ2) is 7.94. The predicted molar refractivity (Wildman–Crippen MR) is 109 cm³/mol. The molecule has 0 unspecified atom stereocenters. The summed E-state index contributed by atoms with van der Waals surface area (Å²) in [5, 5.41) is 3.06. The van der Waals surface area contributed by atoms with Crippen molar-refractivity contribution >= 4 is 11.8 Å². The van der Waals surface area contributed by atoms with Gasteiger partial charge >= 0.3 is 0 Å². The third-order valence-electron chi connectivity index (χ3n) is 6.46. The van der Waals surface area contributed by atoms with E-state index in [1.807, 2.05) is 29.4 Å². The monoisotopic (exact) mass is 401 g/mol. The molecule has 0 aromatic carbocycles. The van der Waals surface area contributed by atoms with E-state index in [4.69, 9.17) is 4.74 Å². The molecule has 0 spiro atoms. The Morgan fingerprint density at radius 2 is 2.03 bits per heavy atom. The first kappa shape index (κ1) is 20.1. The number of nitrogens with zero attached hydrogens (tertiary/aromatic N) is 2. The number of hydrogen-bond donors (Lipinski definition) is 1. The summed E-state index contributed by atoms with van der Waals surface area (Å²) in [5.41, 5.74) is 0.867. The van der Waals surface area contributed by atoms with E-state index in [1.54, 1.807) is 12.1 Å². The highest BCUT2D eigenvalue weighted by Crippen LogP contribution is 2.35. The minimum absolute atomic E-state index is 0.0360. The summed E-state index contributed by atoms with van der Waals surface area (Å²) in [6, 6.07) is 5.52. The zero-order chi connectivity index (χ0) is 20.6. The summed E-state index contributed by atoms with van der Waals surface area (Å²) >= 11 is 0. The summed E-state index contributed by atoms with van der Waals surface area (Å²) < 4.78 is 7.55.